The summed E-state index contributed by atoms with van der Waals surface area (Å²) in [5.41, 5.74) is 1.06. The van der Waals surface area contributed by atoms with E-state index in [0.29, 0.717) is 24.7 Å². The minimum atomic E-state index is -0.143. The van der Waals surface area contributed by atoms with Gasteiger partial charge in [-0.3, -0.25) is 4.79 Å². The Labute approximate surface area is 126 Å². The van der Waals surface area contributed by atoms with Gasteiger partial charge in [-0.2, -0.15) is 0 Å². The number of benzene rings is 1. The molecule has 0 N–H and O–H groups in total. The van der Waals surface area contributed by atoms with Crippen molar-refractivity contribution in [1.82, 2.24) is 4.90 Å². The molecule has 5 heteroatoms. The highest BCUT2D eigenvalue weighted by Gasteiger charge is 2.16. The maximum atomic E-state index is 12.2. The van der Waals surface area contributed by atoms with Crippen molar-refractivity contribution in [2.75, 3.05) is 14.2 Å². The quantitative estimate of drug-likeness (QED) is 0.839. The number of carbonyl (C=O) groups is 1. The first kappa shape index (κ1) is 14.8. The van der Waals surface area contributed by atoms with Crippen molar-refractivity contribution in [2.45, 2.75) is 13.2 Å². The molecule has 0 saturated heterocycles. The number of amides is 1. The van der Waals surface area contributed by atoms with Crippen molar-refractivity contribution in [3.05, 3.63) is 58.0 Å². The summed E-state index contributed by atoms with van der Waals surface area (Å²) in [6.45, 7) is 0.899. The van der Waals surface area contributed by atoms with Gasteiger partial charge in [0.2, 0.25) is 0 Å². The van der Waals surface area contributed by atoms with Crippen molar-refractivity contribution in [2.24, 2.45) is 0 Å². The van der Waals surface area contributed by atoms with Crippen LogP contribution in [0.3, 0.4) is 0 Å². The SMILES string of the molecule is COCc1ccc(C(=O)N(C)Cc2ccc(Br)cc2)o1. The highest BCUT2D eigenvalue weighted by Crippen LogP contribution is 2.15. The standard InChI is InChI=1S/C15H16BrNO3/c1-17(9-11-3-5-12(16)6-4-11)15(18)14-8-7-13(20-14)10-19-2/h3-8H,9-10H2,1-2H3. The predicted molar refractivity (Wildman–Crippen MR) is 79.4 cm³/mol. The number of rotatable bonds is 5. The predicted octanol–water partition coefficient (Wildman–Crippen LogP) is 3.46. The molecule has 20 heavy (non-hydrogen) atoms. The average Bonchev–Trinajstić information content (AvgIpc) is 2.89. The summed E-state index contributed by atoms with van der Waals surface area (Å²) in [6, 6.07) is 11.3. The molecule has 2 rings (SSSR count). The molecule has 0 unspecified atom stereocenters. The normalized spacial score (nSPS) is 10.6. The Morgan fingerprint density at radius 3 is 2.60 bits per heavy atom. The minimum Gasteiger partial charge on any atom is -0.453 e. The molecule has 0 aliphatic carbocycles. The summed E-state index contributed by atoms with van der Waals surface area (Å²) in [4.78, 5) is 13.8. The molecule has 0 spiro atoms. The van der Waals surface area contributed by atoms with Crippen LogP contribution in [0.4, 0.5) is 0 Å². The van der Waals surface area contributed by atoms with Crippen LogP contribution in [0.2, 0.25) is 0 Å². The second-order valence-corrected chi connectivity index (χ2v) is 5.40. The lowest BCUT2D eigenvalue weighted by atomic mass is 10.2. The summed E-state index contributed by atoms with van der Waals surface area (Å²) in [6.07, 6.45) is 0. The van der Waals surface area contributed by atoms with Gasteiger partial charge in [0.15, 0.2) is 5.76 Å². The Bertz CT molecular complexity index is 577. The van der Waals surface area contributed by atoms with Gasteiger partial charge in [0.05, 0.1) is 0 Å². The molecule has 2 aromatic rings. The summed E-state index contributed by atoms with van der Waals surface area (Å²) >= 11 is 3.39. The highest BCUT2D eigenvalue weighted by molar-refractivity contribution is 9.10. The maximum Gasteiger partial charge on any atom is 0.289 e. The molecule has 0 atom stereocenters. The third-order valence-corrected chi connectivity index (χ3v) is 3.37. The fourth-order valence-electron chi connectivity index (χ4n) is 1.84. The zero-order chi connectivity index (χ0) is 14.5. The lowest BCUT2D eigenvalue weighted by Gasteiger charge is -2.15. The Balaban J connectivity index is 2.02. The molecular weight excluding hydrogens is 322 g/mol. The van der Waals surface area contributed by atoms with Gasteiger partial charge in [-0.25, -0.2) is 0 Å². The lowest BCUT2D eigenvalue weighted by molar-refractivity contribution is 0.0745. The van der Waals surface area contributed by atoms with Gasteiger partial charge in [-0.1, -0.05) is 28.1 Å². The van der Waals surface area contributed by atoms with Gasteiger partial charge < -0.3 is 14.1 Å². The van der Waals surface area contributed by atoms with E-state index in [-0.39, 0.29) is 5.91 Å². The van der Waals surface area contributed by atoms with Crippen LogP contribution in [-0.2, 0) is 17.9 Å². The largest absolute Gasteiger partial charge is 0.453 e. The van der Waals surface area contributed by atoms with E-state index in [1.54, 1.807) is 31.2 Å². The van der Waals surface area contributed by atoms with Crippen molar-refractivity contribution in [1.29, 1.82) is 0 Å². The molecule has 1 amide bonds. The Morgan fingerprint density at radius 1 is 1.25 bits per heavy atom. The van der Waals surface area contributed by atoms with E-state index in [2.05, 4.69) is 15.9 Å². The van der Waals surface area contributed by atoms with Crippen LogP contribution >= 0.6 is 15.9 Å². The van der Waals surface area contributed by atoms with Gasteiger partial charge in [0.25, 0.3) is 5.91 Å². The van der Waals surface area contributed by atoms with E-state index >= 15 is 0 Å². The summed E-state index contributed by atoms with van der Waals surface area (Å²) in [7, 11) is 3.34. The molecule has 1 heterocycles. The number of ether oxygens (including phenoxy) is 1. The van der Waals surface area contributed by atoms with Gasteiger partial charge in [0.1, 0.15) is 12.4 Å². The first-order valence-corrected chi connectivity index (χ1v) is 6.97. The van der Waals surface area contributed by atoms with Crippen LogP contribution < -0.4 is 0 Å². The third kappa shape index (κ3) is 3.71. The van der Waals surface area contributed by atoms with Gasteiger partial charge in [-0.15, -0.1) is 0 Å². The first-order valence-electron chi connectivity index (χ1n) is 6.17. The Kier molecular flexibility index (Phi) is 4.98. The fourth-order valence-corrected chi connectivity index (χ4v) is 2.10. The van der Waals surface area contributed by atoms with Crippen LogP contribution in [0.5, 0.6) is 0 Å². The van der Waals surface area contributed by atoms with Crippen molar-refractivity contribution >= 4 is 21.8 Å². The number of halogens is 1. The number of nitrogens with zero attached hydrogens (tertiary/aromatic N) is 1. The second-order valence-electron chi connectivity index (χ2n) is 4.49. The molecule has 0 fully saturated rings. The minimum absolute atomic E-state index is 0.143. The van der Waals surface area contributed by atoms with Crippen molar-refractivity contribution in [3.63, 3.8) is 0 Å². The van der Waals surface area contributed by atoms with Gasteiger partial charge in [0, 0.05) is 25.2 Å². The van der Waals surface area contributed by atoms with Crippen LogP contribution in [0, 0.1) is 0 Å². The zero-order valence-electron chi connectivity index (χ0n) is 11.4. The van der Waals surface area contributed by atoms with Crippen molar-refractivity contribution in [3.8, 4) is 0 Å². The smallest absolute Gasteiger partial charge is 0.289 e. The third-order valence-electron chi connectivity index (χ3n) is 2.84. The molecule has 1 aromatic carbocycles. The number of methoxy groups -OCH3 is 1. The molecule has 0 saturated carbocycles. The molecule has 106 valence electrons. The van der Waals surface area contributed by atoms with Crippen LogP contribution in [0.15, 0.2) is 45.3 Å². The van der Waals surface area contributed by atoms with Crippen LogP contribution in [-0.4, -0.2) is 25.0 Å². The maximum absolute atomic E-state index is 12.2. The number of hydrogen-bond donors (Lipinski definition) is 0. The van der Waals surface area contributed by atoms with E-state index in [4.69, 9.17) is 9.15 Å². The van der Waals surface area contributed by atoms with Crippen molar-refractivity contribution < 1.29 is 13.9 Å². The molecule has 0 bridgehead atoms. The van der Waals surface area contributed by atoms with E-state index in [0.717, 1.165) is 10.0 Å². The first-order chi connectivity index (χ1) is 9.60. The molecule has 4 nitrogen and oxygen atoms in total. The zero-order valence-corrected chi connectivity index (χ0v) is 13.0. The summed E-state index contributed by atoms with van der Waals surface area (Å²) in [5.74, 6) is 0.833. The van der Waals surface area contributed by atoms with E-state index in [9.17, 15) is 4.79 Å². The molecule has 1 aromatic heterocycles. The Hall–Kier alpha value is -1.59. The summed E-state index contributed by atoms with van der Waals surface area (Å²) < 4.78 is 11.4. The number of hydrogen-bond acceptors (Lipinski definition) is 3. The summed E-state index contributed by atoms with van der Waals surface area (Å²) in [5, 5.41) is 0. The van der Waals surface area contributed by atoms with Gasteiger partial charge in [-0.05, 0) is 29.8 Å². The molecule has 0 aliphatic rings. The Morgan fingerprint density at radius 2 is 1.95 bits per heavy atom. The fraction of sp³-hybridized carbons (Fsp3) is 0.267. The lowest BCUT2D eigenvalue weighted by Crippen LogP contribution is -2.25. The molecule has 0 aliphatic heterocycles. The molecule has 0 radical (unpaired) electrons. The topological polar surface area (TPSA) is 42.7 Å². The van der Waals surface area contributed by atoms with E-state index in [1.165, 1.54) is 0 Å². The monoisotopic (exact) mass is 337 g/mol. The van der Waals surface area contributed by atoms with Crippen LogP contribution in [0.25, 0.3) is 0 Å². The molecular formula is C15H16BrNO3. The number of carbonyl (C=O) groups excluding carboxylic acids is 1. The van der Waals surface area contributed by atoms with E-state index < -0.39 is 0 Å². The van der Waals surface area contributed by atoms with Crippen LogP contribution in [0.1, 0.15) is 21.9 Å². The van der Waals surface area contributed by atoms with Gasteiger partial charge >= 0.3 is 0 Å². The number of furan rings is 1. The van der Waals surface area contributed by atoms with E-state index in [1.807, 2.05) is 24.3 Å². The average molecular weight is 338 g/mol. The second kappa shape index (κ2) is 6.72. The highest BCUT2D eigenvalue weighted by atomic mass is 79.9.